The van der Waals surface area contributed by atoms with Gasteiger partial charge in [0.1, 0.15) is 18.5 Å². The van der Waals surface area contributed by atoms with E-state index in [9.17, 15) is 0 Å². The molecule has 0 aromatic carbocycles. The number of hydrogen-bond acceptors (Lipinski definition) is 7. The third-order valence-corrected chi connectivity index (χ3v) is 2.74. The quantitative estimate of drug-likeness (QED) is 0.742. The first-order chi connectivity index (χ1) is 10.3. The first-order valence-electron chi connectivity index (χ1n) is 6.58. The fourth-order valence-corrected chi connectivity index (χ4v) is 1.82. The van der Waals surface area contributed by atoms with E-state index in [0.717, 1.165) is 12.1 Å². The van der Waals surface area contributed by atoms with Gasteiger partial charge >= 0.3 is 0 Å². The molecule has 0 amide bonds. The summed E-state index contributed by atoms with van der Waals surface area (Å²) in [6.45, 7) is 2.72. The van der Waals surface area contributed by atoms with Crippen molar-refractivity contribution in [1.29, 1.82) is 0 Å². The Hall–Kier alpha value is -2.90. The van der Waals surface area contributed by atoms with Gasteiger partial charge in [0.2, 0.25) is 5.95 Å². The molecule has 8 heteroatoms. The lowest BCUT2D eigenvalue weighted by Crippen LogP contribution is -2.12. The van der Waals surface area contributed by atoms with Crippen LogP contribution in [0.1, 0.15) is 18.3 Å². The highest BCUT2D eigenvalue weighted by molar-refractivity contribution is 5.29. The van der Waals surface area contributed by atoms with Crippen molar-refractivity contribution in [2.24, 2.45) is 0 Å². The van der Waals surface area contributed by atoms with Crippen LogP contribution in [0, 0.1) is 0 Å². The largest absolute Gasteiger partial charge is 0.354 e. The first-order valence-corrected chi connectivity index (χ1v) is 6.58. The van der Waals surface area contributed by atoms with Crippen LogP contribution >= 0.6 is 0 Å². The second kappa shape index (κ2) is 6.04. The van der Waals surface area contributed by atoms with Crippen molar-refractivity contribution in [2.45, 2.75) is 13.3 Å². The summed E-state index contributed by atoms with van der Waals surface area (Å²) < 4.78 is 1.51. The van der Waals surface area contributed by atoms with Crippen molar-refractivity contribution in [1.82, 2.24) is 34.7 Å². The van der Waals surface area contributed by atoms with E-state index >= 15 is 0 Å². The van der Waals surface area contributed by atoms with Crippen LogP contribution in [-0.2, 0) is 6.42 Å². The average Bonchev–Trinajstić information content (AvgIpc) is 3.03. The lowest BCUT2D eigenvalue weighted by Gasteiger charge is -2.07. The van der Waals surface area contributed by atoms with E-state index in [1.54, 1.807) is 18.7 Å². The monoisotopic (exact) mass is 282 g/mol. The smallest absolute Gasteiger partial charge is 0.257 e. The van der Waals surface area contributed by atoms with Gasteiger partial charge in [-0.2, -0.15) is 24.7 Å². The van der Waals surface area contributed by atoms with Crippen LogP contribution in [0.15, 0.2) is 37.2 Å². The van der Waals surface area contributed by atoms with E-state index in [1.807, 2.05) is 19.1 Å². The van der Waals surface area contributed by atoms with Gasteiger partial charge in [0, 0.05) is 25.4 Å². The average molecular weight is 282 g/mol. The zero-order chi connectivity index (χ0) is 14.5. The van der Waals surface area contributed by atoms with Gasteiger partial charge in [-0.15, -0.1) is 0 Å². The molecular weight excluding hydrogens is 268 g/mol. The van der Waals surface area contributed by atoms with E-state index in [4.69, 9.17) is 0 Å². The molecular formula is C13H14N8. The van der Waals surface area contributed by atoms with E-state index in [2.05, 4.69) is 35.3 Å². The summed E-state index contributed by atoms with van der Waals surface area (Å²) >= 11 is 0. The highest BCUT2D eigenvalue weighted by Gasteiger charge is 2.09. The fourth-order valence-electron chi connectivity index (χ4n) is 1.82. The number of nitrogens with zero attached hydrogens (tertiary/aromatic N) is 7. The lowest BCUT2D eigenvalue weighted by molar-refractivity contribution is 0.772. The summed E-state index contributed by atoms with van der Waals surface area (Å²) in [6, 6.07) is 3.87. The van der Waals surface area contributed by atoms with Crippen LogP contribution < -0.4 is 5.32 Å². The minimum Gasteiger partial charge on any atom is -0.354 e. The molecule has 0 atom stereocenters. The van der Waals surface area contributed by atoms with Gasteiger partial charge in [-0.25, -0.2) is 4.98 Å². The van der Waals surface area contributed by atoms with Gasteiger partial charge in [-0.1, -0.05) is 0 Å². The Bertz CT molecular complexity index is 695. The second-order valence-electron chi connectivity index (χ2n) is 4.28. The SMILES string of the molecule is CCNc1nc(Cc2ccncc2)nc(-n2cncn2)n1. The molecule has 0 bridgehead atoms. The van der Waals surface area contributed by atoms with Gasteiger partial charge in [0.15, 0.2) is 0 Å². The summed E-state index contributed by atoms with van der Waals surface area (Å²) in [5, 5.41) is 7.15. The topological polar surface area (TPSA) is 94.3 Å². The molecule has 0 saturated carbocycles. The van der Waals surface area contributed by atoms with Crippen molar-refractivity contribution in [2.75, 3.05) is 11.9 Å². The number of aromatic nitrogens is 7. The first kappa shape index (κ1) is 13.1. The standard InChI is InChI=1S/C13H14N8/c1-2-16-12-18-11(7-10-3-5-14-6-4-10)19-13(20-12)21-9-15-8-17-21/h3-6,8-9H,2,7H2,1H3,(H,16,18,19,20). The molecule has 0 aliphatic rings. The van der Waals surface area contributed by atoms with Gasteiger partial charge in [0.05, 0.1) is 0 Å². The number of pyridine rings is 1. The zero-order valence-corrected chi connectivity index (χ0v) is 11.5. The maximum Gasteiger partial charge on any atom is 0.257 e. The molecule has 0 spiro atoms. The predicted molar refractivity (Wildman–Crippen MR) is 76.0 cm³/mol. The molecule has 21 heavy (non-hydrogen) atoms. The molecule has 3 aromatic rings. The number of anilines is 1. The Morgan fingerprint density at radius 2 is 1.95 bits per heavy atom. The molecule has 3 aromatic heterocycles. The normalized spacial score (nSPS) is 10.5. The molecule has 3 heterocycles. The lowest BCUT2D eigenvalue weighted by atomic mass is 10.2. The summed E-state index contributed by atoms with van der Waals surface area (Å²) in [7, 11) is 0. The molecule has 0 saturated heterocycles. The molecule has 3 rings (SSSR count). The molecule has 0 unspecified atom stereocenters. The Morgan fingerprint density at radius 1 is 1.10 bits per heavy atom. The van der Waals surface area contributed by atoms with Crippen LogP contribution in [0.3, 0.4) is 0 Å². The summed E-state index contributed by atoms with van der Waals surface area (Å²) in [4.78, 5) is 21.1. The minimum atomic E-state index is 0.447. The summed E-state index contributed by atoms with van der Waals surface area (Å²) in [5.41, 5.74) is 1.09. The third kappa shape index (κ3) is 3.16. The van der Waals surface area contributed by atoms with Crippen molar-refractivity contribution in [3.05, 3.63) is 48.6 Å². The molecule has 106 valence electrons. The Morgan fingerprint density at radius 3 is 2.67 bits per heavy atom. The van der Waals surface area contributed by atoms with Crippen molar-refractivity contribution in [3.8, 4) is 5.95 Å². The molecule has 0 radical (unpaired) electrons. The van der Waals surface area contributed by atoms with Gasteiger partial charge < -0.3 is 5.32 Å². The van der Waals surface area contributed by atoms with Gasteiger partial charge in [-0.05, 0) is 24.6 Å². The maximum atomic E-state index is 4.43. The van der Waals surface area contributed by atoms with E-state index in [-0.39, 0.29) is 0 Å². The molecule has 0 aliphatic heterocycles. The summed E-state index contributed by atoms with van der Waals surface area (Å²) in [6.07, 6.45) is 7.10. The second-order valence-corrected chi connectivity index (χ2v) is 4.28. The molecule has 8 nitrogen and oxygen atoms in total. The number of rotatable bonds is 5. The highest BCUT2D eigenvalue weighted by Crippen LogP contribution is 2.09. The van der Waals surface area contributed by atoms with Crippen LogP contribution in [0.4, 0.5) is 5.95 Å². The Kier molecular flexibility index (Phi) is 3.77. The molecule has 0 aliphatic carbocycles. The fraction of sp³-hybridized carbons (Fsp3) is 0.231. The Labute approximate surface area is 121 Å². The van der Waals surface area contributed by atoms with E-state index in [0.29, 0.717) is 24.1 Å². The number of nitrogens with one attached hydrogen (secondary N) is 1. The van der Waals surface area contributed by atoms with Gasteiger partial charge in [-0.3, -0.25) is 4.98 Å². The van der Waals surface area contributed by atoms with Crippen molar-refractivity contribution >= 4 is 5.95 Å². The third-order valence-electron chi connectivity index (χ3n) is 2.74. The predicted octanol–water partition coefficient (Wildman–Crippen LogP) is 0.870. The van der Waals surface area contributed by atoms with Crippen molar-refractivity contribution in [3.63, 3.8) is 0 Å². The van der Waals surface area contributed by atoms with E-state index in [1.165, 1.54) is 11.0 Å². The van der Waals surface area contributed by atoms with Crippen LogP contribution in [0.25, 0.3) is 5.95 Å². The van der Waals surface area contributed by atoms with Gasteiger partial charge in [0.25, 0.3) is 5.95 Å². The van der Waals surface area contributed by atoms with Crippen LogP contribution in [0.2, 0.25) is 0 Å². The summed E-state index contributed by atoms with van der Waals surface area (Å²) in [5.74, 6) is 1.64. The van der Waals surface area contributed by atoms with Crippen LogP contribution in [0.5, 0.6) is 0 Å². The number of hydrogen-bond donors (Lipinski definition) is 1. The zero-order valence-electron chi connectivity index (χ0n) is 11.5. The molecule has 0 fully saturated rings. The van der Waals surface area contributed by atoms with Crippen molar-refractivity contribution < 1.29 is 0 Å². The molecule has 1 N–H and O–H groups in total. The minimum absolute atomic E-state index is 0.447. The highest BCUT2D eigenvalue weighted by atomic mass is 15.4. The Balaban J connectivity index is 1.95. The van der Waals surface area contributed by atoms with E-state index < -0.39 is 0 Å². The maximum absolute atomic E-state index is 4.43. The van der Waals surface area contributed by atoms with Crippen LogP contribution in [-0.4, -0.2) is 41.2 Å².